The molecular formula is C15H20F3NO2. The molecule has 2 rings (SSSR count). The number of ether oxygens (including phenoxy) is 1. The van der Waals surface area contributed by atoms with Crippen molar-refractivity contribution in [2.75, 3.05) is 26.2 Å². The number of halogens is 3. The van der Waals surface area contributed by atoms with Gasteiger partial charge in [0.2, 0.25) is 0 Å². The van der Waals surface area contributed by atoms with Gasteiger partial charge in [-0.3, -0.25) is 4.90 Å². The molecule has 0 spiro atoms. The average Bonchev–Trinajstić information content (AvgIpc) is 2.46. The average molecular weight is 303 g/mol. The van der Waals surface area contributed by atoms with Gasteiger partial charge in [-0.05, 0) is 24.1 Å². The van der Waals surface area contributed by atoms with Crippen molar-refractivity contribution in [1.82, 2.24) is 4.90 Å². The molecule has 0 unspecified atom stereocenters. The van der Waals surface area contributed by atoms with Crippen LogP contribution in [0.3, 0.4) is 0 Å². The Balaban J connectivity index is 2.01. The van der Waals surface area contributed by atoms with Crippen LogP contribution in [0.15, 0.2) is 24.3 Å². The molecule has 1 aromatic carbocycles. The lowest BCUT2D eigenvalue weighted by Crippen LogP contribution is -2.42. The first-order chi connectivity index (χ1) is 9.90. The third-order valence-electron chi connectivity index (χ3n) is 3.70. The van der Waals surface area contributed by atoms with Crippen molar-refractivity contribution in [3.05, 3.63) is 35.4 Å². The van der Waals surface area contributed by atoms with Crippen LogP contribution in [0.4, 0.5) is 13.2 Å². The van der Waals surface area contributed by atoms with Crippen LogP contribution < -0.4 is 0 Å². The third-order valence-corrected chi connectivity index (χ3v) is 3.70. The molecule has 1 aliphatic rings. The normalized spacial score (nSPS) is 22.2. The Labute approximate surface area is 122 Å². The van der Waals surface area contributed by atoms with E-state index in [1.165, 1.54) is 12.1 Å². The fourth-order valence-corrected chi connectivity index (χ4v) is 2.38. The van der Waals surface area contributed by atoms with Crippen molar-refractivity contribution in [2.24, 2.45) is 0 Å². The van der Waals surface area contributed by atoms with Crippen molar-refractivity contribution in [3.8, 4) is 0 Å². The van der Waals surface area contributed by atoms with Crippen molar-refractivity contribution < 1.29 is 23.0 Å². The first-order valence-corrected chi connectivity index (χ1v) is 7.09. The van der Waals surface area contributed by atoms with Crippen LogP contribution in [0.1, 0.15) is 30.6 Å². The van der Waals surface area contributed by atoms with Gasteiger partial charge in [0.05, 0.1) is 24.4 Å². The minimum atomic E-state index is -4.32. The zero-order valence-electron chi connectivity index (χ0n) is 11.9. The molecule has 1 saturated heterocycles. The van der Waals surface area contributed by atoms with Crippen LogP contribution in [-0.2, 0) is 10.9 Å². The summed E-state index contributed by atoms with van der Waals surface area (Å²) >= 11 is 0. The van der Waals surface area contributed by atoms with Gasteiger partial charge in [-0.2, -0.15) is 13.2 Å². The fraction of sp³-hybridized carbons (Fsp3) is 0.600. The lowest BCUT2D eigenvalue weighted by molar-refractivity contribution is -0.137. The topological polar surface area (TPSA) is 32.7 Å². The van der Waals surface area contributed by atoms with E-state index in [2.05, 4.69) is 4.90 Å². The predicted molar refractivity (Wildman–Crippen MR) is 72.9 cm³/mol. The molecule has 118 valence electrons. The molecule has 1 heterocycles. The Kier molecular flexibility index (Phi) is 5.24. The number of aliphatic hydroxyl groups is 1. The number of β-amino-alcohol motifs (C(OH)–C–C–N with tert-alkyl or cyclic N) is 1. The highest BCUT2D eigenvalue weighted by Gasteiger charge is 2.31. The number of benzene rings is 1. The number of rotatable bonds is 4. The largest absolute Gasteiger partial charge is 0.416 e. The van der Waals surface area contributed by atoms with Crippen molar-refractivity contribution in [1.29, 1.82) is 0 Å². The SMILES string of the molecule is CC[C@H](O)CN1CCO[C@H](c2ccc(C(F)(F)F)cc2)C1. The maximum absolute atomic E-state index is 12.5. The van der Waals surface area contributed by atoms with Crippen LogP contribution >= 0.6 is 0 Å². The minimum absolute atomic E-state index is 0.245. The summed E-state index contributed by atoms with van der Waals surface area (Å²) in [4.78, 5) is 2.08. The number of aliphatic hydroxyl groups excluding tert-OH is 1. The van der Waals surface area contributed by atoms with Gasteiger partial charge in [0.15, 0.2) is 0 Å². The molecule has 1 N–H and O–H groups in total. The van der Waals surface area contributed by atoms with Crippen LogP contribution in [-0.4, -0.2) is 42.4 Å². The second kappa shape index (κ2) is 6.77. The molecule has 0 radical (unpaired) electrons. The number of hydrogen-bond donors (Lipinski definition) is 1. The Morgan fingerprint density at radius 2 is 2.00 bits per heavy atom. The summed E-state index contributed by atoms with van der Waals surface area (Å²) in [6.45, 7) is 4.31. The quantitative estimate of drug-likeness (QED) is 0.928. The van der Waals surface area contributed by atoms with E-state index in [1.54, 1.807) is 0 Å². The number of alkyl halides is 3. The Hall–Kier alpha value is -1.11. The van der Waals surface area contributed by atoms with E-state index >= 15 is 0 Å². The van der Waals surface area contributed by atoms with Crippen LogP contribution in [0.2, 0.25) is 0 Å². The summed E-state index contributed by atoms with van der Waals surface area (Å²) in [5.41, 5.74) is 0.0824. The summed E-state index contributed by atoms with van der Waals surface area (Å²) in [6, 6.07) is 5.09. The molecule has 2 atom stereocenters. The van der Waals surface area contributed by atoms with E-state index < -0.39 is 11.7 Å². The van der Waals surface area contributed by atoms with Gasteiger partial charge in [0.25, 0.3) is 0 Å². The van der Waals surface area contributed by atoms with Crippen LogP contribution in [0.5, 0.6) is 0 Å². The van der Waals surface area contributed by atoms with E-state index in [0.717, 1.165) is 24.2 Å². The molecule has 6 heteroatoms. The molecule has 1 aromatic rings. The molecule has 0 aromatic heterocycles. The highest BCUT2D eigenvalue weighted by Crippen LogP contribution is 2.31. The van der Waals surface area contributed by atoms with E-state index in [4.69, 9.17) is 4.74 Å². The first kappa shape index (κ1) is 16.3. The Morgan fingerprint density at radius 1 is 1.33 bits per heavy atom. The predicted octanol–water partition coefficient (Wildman–Crippen LogP) is 2.85. The lowest BCUT2D eigenvalue weighted by atomic mass is 10.0. The Morgan fingerprint density at radius 3 is 2.57 bits per heavy atom. The van der Waals surface area contributed by atoms with Crippen molar-refractivity contribution in [2.45, 2.75) is 31.7 Å². The number of nitrogens with zero attached hydrogens (tertiary/aromatic N) is 1. The molecule has 3 nitrogen and oxygen atoms in total. The molecule has 21 heavy (non-hydrogen) atoms. The van der Waals surface area contributed by atoms with Gasteiger partial charge in [0.1, 0.15) is 0 Å². The van der Waals surface area contributed by atoms with Crippen molar-refractivity contribution >= 4 is 0 Å². The zero-order valence-corrected chi connectivity index (χ0v) is 11.9. The summed E-state index contributed by atoms with van der Waals surface area (Å²) in [6.07, 6.45) is -4.26. The molecule has 0 aliphatic carbocycles. The second-order valence-corrected chi connectivity index (χ2v) is 5.30. The lowest BCUT2D eigenvalue weighted by Gasteiger charge is -2.34. The highest BCUT2D eigenvalue weighted by atomic mass is 19.4. The zero-order chi connectivity index (χ0) is 15.5. The van der Waals surface area contributed by atoms with E-state index in [1.807, 2.05) is 6.92 Å². The number of hydrogen-bond acceptors (Lipinski definition) is 3. The van der Waals surface area contributed by atoms with E-state index in [0.29, 0.717) is 26.1 Å². The van der Waals surface area contributed by atoms with E-state index in [-0.39, 0.29) is 12.2 Å². The smallest absolute Gasteiger partial charge is 0.392 e. The van der Waals surface area contributed by atoms with Gasteiger partial charge in [-0.1, -0.05) is 19.1 Å². The van der Waals surface area contributed by atoms with Crippen LogP contribution in [0.25, 0.3) is 0 Å². The van der Waals surface area contributed by atoms with Gasteiger partial charge < -0.3 is 9.84 Å². The molecule has 0 amide bonds. The summed E-state index contributed by atoms with van der Waals surface area (Å²) < 4.78 is 43.2. The first-order valence-electron chi connectivity index (χ1n) is 7.09. The van der Waals surface area contributed by atoms with Gasteiger partial charge >= 0.3 is 6.18 Å². The fourth-order valence-electron chi connectivity index (χ4n) is 2.38. The molecule has 1 fully saturated rings. The summed E-state index contributed by atoms with van der Waals surface area (Å²) in [5.74, 6) is 0. The van der Waals surface area contributed by atoms with Crippen LogP contribution in [0, 0.1) is 0 Å². The standard InChI is InChI=1S/C15H20F3NO2/c1-2-13(20)9-19-7-8-21-14(10-19)11-3-5-12(6-4-11)15(16,17)18/h3-6,13-14,20H,2,7-10H2,1H3/t13-,14-/m0/s1. The highest BCUT2D eigenvalue weighted by molar-refractivity contribution is 5.26. The molecule has 1 aliphatic heterocycles. The molecule has 0 bridgehead atoms. The minimum Gasteiger partial charge on any atom is -0.392 e. The van der Waals surface area contributed by atoms with Gasteiger partial charge in [0, 0.05) is 19.6 Å². The summed E-state index contributed by atoms with van der Waals surface area (Å²) in [7, 11) is 0. The molecule has 0 saturated carbocycles. The molecular weight excluding hydrogens is 283 g/mol. The second-order valence-electron chi connectivity index (χ2n) is 5.30. The maximum Gasteiger partial charge on any atom is 0.416 e. The number of morpholine rings is 1. The third kappa shape index (κ3) is 4.43. The van der Waals surface area contributed by atoms with E-state index in [9.17, 15) is 18.3 Å². The van der Waals surface area contributed by atoms with Crippen molar-refractivity contribution in [3.63, 3.8) is 0 Å². The summed E-state index contributed by atoms with van der Waals surface area (Å²) in [5, 5.41) is 9.69. The Bertz CT molecular complexity index is 447. The van der Waals surface area contributed by atoms with Gasteiger partial charge in [-0.25, -0.2) is 0 Å². The van der Waals surface area contributed by atoms with Gasteiger partial charge in [-0.15, -0.1) is 0 Å². The monoisotopic (exact) mass is 303 g/mol. The maximum atomic E-state index is 12.5.